The van der Waals surface area contributed by atoms with Gasteiger partial charge in [0.15, 0.2) is 5.78 Å². The second-order valence-electron chi connectivity index (χ2n) is 3.98. The topological polar surface area (TPSA) is 26.3 Å². The minimum absolute atomic E-state index is 0.0710. The van der Waals surface area contributed by atoms with Crippen LogP contribution < -0.4 is 4.74 Å². The van der Waals surface area contributed by atoms with Crippen LogP contribution in [0.15, 0.2) is 54.6 Å². The molecule has 2 nitrogen and oxygen atoms in total. The maximum atomic E-state index is 11.9. The third kappa shape index (κ3) is 3.70. The fourth-order valence-corrected chi connectivity index (χ4v) is 1.82. The van der Waals surface area contributed by atoms with Gasteiger partial charge in [-0.05, 0) is 35.9 Å². The third-order valence-electron chi connectivity index (χ3n) is 2.65. The molecule has 0 aliphatic rings. The molecule has 2 aromatic rings. The minimum Gasteiger partial charge on any atom is -0.497 e. The number of ether oxygens (including phenoxy) is 1. The van der Waals surface area contributed by atoms with Crippen molar-refractivity contribution in [3.05, 3.63) is 70.8 Å². The zero-order chi connectivity index (χ0) is 13.7. The molecule has 19 heavy (non-hydrogen) atoms. The Morgan fingerprint density at radius 1 is 1.16 bits per heavy atom. The van der Waals surface area contributed by atoms with Crippen LogP contribution in [0.1, 0.15) is 15.9 Å². The molecule has 0 saturated carbocycles. The molecule has 3 heteroatoms. The van der Waals surface area contributed by atoms with E-state index in [2.05, 4.69) is 0 Å². The molecule has 0 fully saturated rings. The van der Waals surface area contributed by atoms with Gasteiger partial charge in [-0.1, -0.05) is 41.9 Å². The van der Waals surface area contributed by atoms with Crippen molar-refractivity contribution in [2.45, 2.75) is 0 Å². The van der Waals surface area contributed by atoms with Crippen molar-refractivity contribution >= 4 is 23.5 Å². The van der Waals surface area contributed by atoms with Crippen LogP contribution in [0.2, 0.25) is 5.02 Å². The lowest BCUT2D eigenvalue weighted by Gasteiger charge is -1.99. The van der Waals surface area contributed by atoms with Crippen LogP contribution in [-0.4, -0.2) is 12.9 Å². The fraction of sp³-hybridized carbons (Fsp3) is 0.0625. The number of benzene rings is 2. The molecule has 0 bridgehead atoms. The predicted molar refractivity (Wildman–Crippen MR) is 77.8 cm³/mol. The summed E-state index contributed by atoms with van der Waals surface area (Å²) in [7, 11) is 1.62. The van der Waals surface area contributed by atoms with Crippen LogP contribution in [0.25, 0.3) is 6.08 Å². The summed E-state index contributed by atoms with van der Waals surface area (Å²) in [6.45, 7) is 0. The molecule has 0 unspecified atom stereocenters. The van der Waals surface area contributed by atoms with Gasteiger partial charge in [-0.25, -0.2) is 0 Å². The Labute approximate surface area is 117 Å². The average molecular weight is 273 g/mol. The van der Waals surface area contributed by atoms with Crippen molar-refractivity contribution in [3.8, 4) is 5.75 Å². The van der Waals surface area contributed by atoms with E-state index in [1.165, 1.54) is 6.08 Å². The molecule has 0 aromatic heterocycles. The van der Waals surface area contributed by atoms with Gasteiger partial charge in [0.1, 0.15) is 5.75 Å². The van der Waals surface area contributed by atoms with Gasteiger partial charge in [-0.3, -0.25) is 4.79 Å². The second-order valence-corrected chi connectivity index (χ2v) is 4.42. The van der Waals surface area contributed by atoms with Gasteiger partial charge in [0, 0.05) is 10.6 Å². The number of halogens is 1. The molecule has 0 saturated heterocycles. The summed E-state index contributed by atoms with van der Waals surface area (Å²) in [5.41, 5.74) is 1.52. The van der Waals surface area contributed by atoms with Crippen LogP contribution >= 0.6 is 11.6 Å². The molecule has 0 aliphatic carbocycles. The molecular weight excluding hydrogens is 260 g/mol. The van der Waals surface area contributed by atoms with E-state index in [1.807, 2.05) is 24.3 Å². The van der Waals surface area contributed by atoms with Gasteiger partial charge in [-0.15, -0.1) is 0 Å². The molecule has 0 atom stereocenters. The molecule has 96 valence electrons. The summed E-state index contributed by atoms with van der Waals surface area (Å²) < 4.78 is 5.07. The summed E-state index contributed by atoms with van der Waals surface area (Å²) >= 11 is 5.85. The van der Waals surface area contributed by atoms with Crippen molar-refractivity contribution < 1.29 is 9.53 Å². The van der Waals surface area contributed by atoms with Gasteiger partial charge >= 0.3 is 0 Å². The van der Waals surface area contributed by atoms with Crippen molar-refractivity contribution in [2.75, 3.05) is 7.11 Å². The Kier molecular flexibility index (Phi) is 4.37. The molecule has 0 radical (unpaired) electrons. The summed E-state index contributed by atoms with van der Waals surface area (Å²) in [6, 6.07) is 14.4. The first-order valence-electron chi connectivity index (χ1n) is 5.81. The number of carbonyl (C=O) groups is 1. The van der Waals surface area contributed by atoms with Crippen LogP contribution in [0.3, 0.4) is 0 Å². The Bertz CT molecular complexity index is 600. The summed E-state index contributed by atoms with van der Waals surface area (Å²) in [6.07, 6.45) is 3.30. The normalized spacial score (nSPS) is 10.6. The maximum Gasteiger partial charge on any atom is 0.185 e. The lowest BCUT2D eigenvalue weighted by atomic mass is 10.1. The summed E-state index contributed by atoms with van der Waals surface area (Å²) in [4.78, 5) is 11.9. The van der Waals surface area contributed by atoms with Crippen LogP contribution in [0, 0.1) is 0 Å². The average Bonchev–Trinajstić information content (AvgIpc) is 2.45. The van der Waals surface area contributed by atoms with Gasteiger partial charge < -0.3 is 4.74 Å². The van der Waals surface area contributed by atoms with Crippen LogP contribution in [0.4, 0.5) is 0 Å². The van der Waals surface area contributed by atoms with E-state index in [0.717, 1.165) is 11.3 Å². The predicted octanol–water partition coefficient (Wildman–Crippen LogP) is 4.24. The zero-order valence-corrected chi connectivity index (χ0v) is 11.2. The monoisotopic (exact) mass is 272 g/mol. The lowest BCUT2D eigenvalue weighted by Crippen LogP contribution is -1.93. The molecule has 0 amide bonds. The van der Waals surface area contributed by atoms with E-state index in [9.17, 15) is 4.79 Å². The largest absolute Gasteiger partial charge is 0.497 e. The quantitative estimate of drug-likeness (QED) is 0.614. The number of allylic oxidation sites excluding steroid dienone is 1. The number of methoxy groups -OCH3 is 1. The lowest BCUT2D eigenvalue weighted by molar-refractivity contribution is 0.104. The van der Waals surface area contributed by atoms with Gasteiger partial charge in [-0.2, -0.15) is 0 Å². The zero-order valence-electron chi connectivity index (χ0n) is 10.5. The van der Waals surface area contributed by atoms with E-state index in [-0.39, 0.29) is 5.78 Å². The summed E-state index contributed by atoms with van der Waals surface area (Å²) in [5.74, 6) is 0.719. The number of rotatable bonds is 4. The fourth-order valence-electron chi connectivity index (χ4n) is 1.62. The number of hydrogen-bond donors (Lipinski definition) is 0. The van der Waals surface area contributed by atoms with Crippen molar-refractivity contribution in [1.82, 2.24) is 0 Å². The molecule has 0 N–H and O–H groups in total. The number of hydrogen-bond acceptors (Lipinski definition) is 2. The first kappa shape index (κ1) is 13.4. The highest BCUT2D eigenvalue weighted by atomic mass is 35.5. The molecule has 0 spiro atoms. The van der Waals surface area contributed by atoms with Crippen LogP contribution in [0.5, 0.6) is 5.75 Å². The van der Waals surface area contributed by atoms with Gasteiger partial charge in [0.05, 0.1) is 7.11 Å². The van der Waals surface area contributed by atoms with Gasteiger partial charge in [0.2, 0.25) is 0 Å². The first-order valence-corrected chi connectivity index (χ1v) is 6.19. The highest BCUT2D eigenvalue weighted by Crippen LogP contribution is 2.14. The van der Waals surface area contributed by atoms with Gasteiger partial charge in [0.25, 0.3) is 0 Å². The Morgan fingerprint density at radius 3 is 2.53 bits per heavy atom. The standard InChI is InChI=1S/C16H13ClO2/c1-19-15-8-5-12(6-9-15)7-10-16(18)13-3-2-4-14(17)11-13/h2-11H,1H3/b10-7+. The van der Waals surface area contributed by atoms with Crippen LogP contribution in [-0.2, 0) is 0 Å². The first-order chi connectivity index (χ1) is 9.19. The molecule has 0 aliphatic heterocycles. The summed E-state index contributed by atoms with van der Waals surface area (Å²) in [5, 5.41) is 0.559. The van der Waals surface area contributed by atoms with E-state index < -0.39 is 0 Å². The Hall–Kier alpha value is -2.06. The third-order valence-corrected chi connectivity index (χ3v) is 2.89. The Morgan fingerprint density at radius 2 is 1.89 bits per heavy atom. The molecule has 0 heterocycles. The highest BCUT2D eigenvalue weighted by molar-refractivity contribution is 6.31. The molecule has 2 rings (SSSR count). The van der Waals surface area contributed by atoms with E-state index >= 15 is 0 Å². The van der Waals surface area contributed by atoms with E-state index in [4.69, 9.17) is 16.3 Å². The number of ketones is 1. The molecular formula is C16H13ClO2. The highest BCUT2D eigenvalue weighted by Gasteiger charge is 2.01. The molecule has 2 aromatic carbocycles. The van der Waals surface area contributed by atoms with Crippen molar-refractivity contribution in [2.24, 2.45) is 0 Å². The van der Waals surface area contributed by atoms with E-state index in [1.54, 1.807) is 37.5 Å². The van der Waals surface area contributed by atoms with Crippen molar-refractivity contribution in [3.63, 3.8) is 0 Å². The maximum absolute atomic E-state index is 11.9. The van der Waals surface area contributed by atoms with Crippen molar-refractivity contribution in [1.29, 1.82) is 0 Å². The number of carbonyl (C=O) groups excluding carboxylic acids is 1. The minimum atomic E-state index is -0.0710. The van der Waals surface area contributed by atoms with E-state index in [0.29, 0.717) is 10.6 Å². The second kappa shape index (κ2) is 6.21. The smallest absolute Gasteiger partial charge is 0.185 e. The SMILES string of the molecule is COc1ccc(/C=C/C(=O)c2cccc(Cl)c2)cc1. The Balaban J connectivity index is 2.11.